The normalized spacial score (nSPS) is 19.1. The second-order valence-electron chi connectivity index (χ2n) is 10.4. The van der Waals surface area contributed by atoms with Gasteiger partial charge in [-0.05, 0) is 65.3 Å². The van der Waals surface area contributed by atoms with Gasteiger partial charge in [0.15, 0.2) is 17.6 Å². The van der Waals surface area contributed by atoms with E-state index in [4.69, 9.17) is 18.9 Å². The lowest BCUT2D eigenvalue weighted by Gasteiger charge is -2.37. The molecule has 0 aromatic heterocycles. The van der Waals surface area contributed by atoms with Gasteiger partial charge in [-0.3, -0.25) is 0 Å². The van der Waals surface area contributed by atoms with Gasteiger partial charge in [-0.25, -0.2) is 0 Å². The quantitative estimate of drug-likeness (QED) is 0.288. The predicted octanol–water partition coefficient (Wildman–Crippen LogP) is 5.71. The smallest absolute Gasteiger partial charge is 0.200 e. The fraction of sp³-hybridized carbons (Fsp3) is 0.273. The standard InChI is InChI=1S/C33H32O7/c1-37-27-17-26-24(16-25(35)33(40-26)21-14-28(38-2)32(36)29(15-21)39-3)30-20(11-18-7-5-4-6-8-18)12-19-13-22(34)9-10-23(19)31(27)30/h4-10,13-15,17,20,25,33-36H,11-12,16H2,1-3H3. The van der Waals surface area contributed by atoms with Gasteiger partial charge < -0.3 is 34.3 Å². The summed E-state index contributed by atoms with van der Waals surface area (Å²) in [6, 6.07) is 21.0. The number of hydrogen-bond donors (Lipinski definition) is 3. The Morgan fingerprint density at radius 2 is 1.52 bits per heavy atom. The molecule has 6 rings (SSSR count). The molecule has 0 amide bonds. The van der Waals surface area contributed by atoms with Crippen molar-refractivity contribution in [2.75, 3.05) is 21.3 Å². The predicted molar refractivity (Wildman–Crippen MR) is 151 cm³/mol. The van der Waals surface area contributed by atoms with Gasteiger partial charge in [0.2, 0.25) is 5.75 Å². The molecule has 0 spiro atoms. The summed E-state index contributed by atoms with van der Waals surface area (Å²) < 4.78 is 23.1. The molecule has 0 bridgehead atoms. The zero-order chi connectivity index (χ0) is 28.0. The average Bonchev–Trinajstić information content (AvgIpc) is 2.96. The average molecular weight is 541 g/mol. The highest BCUT2D eigenvalue weighted by atomic mass is 16.5. The highest BCUT2D eigenvalue weighted by Gasteiger charge is 2.38. The summed E-state index contributed by atoms with van der Waals surface area (Å²) in [5.74, 6) is 2.01. The SMILES string of the molecule is COc1cc(C2Oc3cc(OC)c4c(c3CC2O)C(Cc2ccccc2)Cc2cc(O)ccc2-4)cc(OC)c1O. The number of aromatic hydroxyl groups is 2. The van der Waals surface area contributed by atoms with Crippen LogP contribution in [0, 0.1) is 0 Å². The Hall–Kier alpha value is -4.36. The molecule has 0 fully saturated rings. The number of methoxy groups -OCH3 is 3. The Kier molecular flexibility index (Phi) is 6.68. The second-order valence-corrected chi connectivity index (χ2v) is 10.4. The Morgan fingerprint density at radius 3 is 2.20 bits per heavy atom. The van der Waals surface area contributed by atoms with Gasteiger partial charge >= 0.3 is 0 Å². The number of benzene rings is 4. The van der Waals surface area contributed by atoms with E-state index >= 15 is 0 Å². The first-order chi connectivity index (χ1) is 19.4. The van der Waals surface area contributed by atoms with E-state index in [2.05, 4.69) is 12.1 Å². The molecule has 0 radical (unpaired) electrons. The molecule has 1 heterocycles. The number of rotatable bonds is 6. The summed E-state index contributed by atoms with van der Waals surface area (Å²) >= 11 is 0. The Bertz CT molecular complexity index is 1540. The Balaban J connectivity index is 1.50. The minimum Gasteiger partial charge on any atom is -0.508 e. The maximum Gasteiger partial charge on any atom is 0.200 e. The number of hydrogen-bond acceptors (Lipinski definition) is 7. The first kappa shape index (κ1) is 25.9. The zero-order valence-electron chi connectivity index (χ0n) is 22.7. The van der Waals surface area contributed by atoms with Crippen LogP contribution in [-0.2, 0) is 19.3 Å². The maximum absolute atomic E-state index is 11.5. The van der Waals surface area contributed by atoms with E-state index in [0.29, 0.717) is 23.5 Å². The van der Waals surface area contributed by atoms with Gasteiger partial charge in [0.1, 0.15) is 17.2 Å². The summed E-state index contributed by atoms with van der Waals surface area (Å²) in [6.07, 6.45) is 0.323. The number of fused-ring (bicyclic) bond motifs is 5. The molecule has 1 aliphatic heterocycles. The van der Waals surface area contributed by atoms with Crippen molar-refractivity contribution < 1.29 is 34.3 Å². The first-order valence-corrected chi connectivity index (χ1v) is 13.3. The number of aliphatic hydroxyl groups excluding tert-OH is 1. The van der Waals surface area contributed by atoms with Crippen LogP contribution in [0.1, 0.15) is 39.8 Å². The Labute approximate surface area is 233 Å². The van der Waals surface area contributed by atoms with Crippen LogP contribution in [0.3, 0.4) is 0 Å². The molecule has 40 heavy (non-hydrogen) atoms. The highest BCUT2D eigenvalue weighted by Crippen LogP contribution is 2.53. The number of phenols is 2. The molecular weight excluding hydrogens is 508 g/mol. The second kappa shape index (κ2) is 10.3. The van der Waals surface area contributed by atoms with Gasteiger partial charge in [-0.15, -0.1) is 0 Å². The summed E-state index contributed by atoms with van der Waals surface area (Å²) in [6.45, 7) is 0. The van der Waals surface area contributed by atoms with E-state index in [0.717, 1.165) is 40.7 Å². The van der Waals surface area contributed by atoms with Crippen molar-refractivity contribution >= 4 is 0 Å². The van der Waals surface area contributed by atoms with Crippen LogP contribution in [0.25, 0.3) is 11.1 Å². The van der Waals surface area contributed by atoms with E-state index in [9.17, 15) is 15.3 Å². The van der Waals surface area contributed by atoms with Crippen molar-refractivity contribution in [3.63, 3.8) is 0 Å². The molecule has 0 saturated heterocycles. The van der Waals surface area contributed by atoms with Crippen molar-refractivity contribution in [3.8, 4) is 45.6 Å². The van der Waals surface area contributed by atoms with Gasteiger partial charge in [-0.1, -0.05) is 36.4 Å². The van der Waals surface area contributed by atoms with Crippen LogP contribution < -0.4 is 18.9 Å². The molecule has 206 valence electrons. The monoisotopic (exact) mass is 540 g/mol. The molecule has 3 N–H and O–H groups in total. The maximum atomic E-state index is 11.5. The summed E-state index contributed by atoms with van der Waals surface area (Å²) in [7, 11) is 4.58. The van der Waals surface area contributed by atoms with Crippen molar-refractivity contribution in [2.45, 2.75) is 37.4 Å². The topological polar surface area (TPSA) is 97.6 Å². The molecule has 0 saturated carbocycles. The lowest BCUT2D eigenvalue weighted by Crippen LogP contribution is -2.32. The van der Waals surface area contributed by atoms with Crippen molar-refractivity contribution in [1.29, 1.82) is 0 Å². The molecular formula is C33H32O7. The van der Waals surface area contributed by atoms with E-state index in [1.165, 1.54) is 19.8 Å². The third kappa shape index (κ3) is 4.36. The summed E-state index contributed by atoms with van der Waals surface area (Å²) in [5.41, 5.74) is 6.95. The van der Waals surface area contributed by atoms with Gasteiger partial charge in [0.25, 0.3) is 0 Å². The fourth-order valence-electron chi connectivity index (χ4n) is 6.23. The third-order valence-corrected chi connectivity index (χ3v) is 8.03. The number of aliphatic hydroxyl groups is 1. The number of phenolic OH excluding ortho intramolecular Hbond substituents is 2. The van der Waals surface area contributed by atoms with Crippen LogP contribution in [0.5, 0.6) is 34.5 Å². The van der Waals surface area contributed by atoms with Crippen LogP contribution >= 0.6 is 0 Å². The zero-order valence-corrected chi connectivity index (χ0v) is 22.7. The van der Waals surface area contributed by atoms with Gasteiger partial charge in [-0.2, -0.15) is 0 Å². The lowest BCUT2D eigenvalue weighted by molar-refractivity contribution is 0.0200. The van der Waals surface area contributed by atoms with Gasteiger partial charge in [0.05, 0.1) is 27.4 Å². The summed E-state index contributed by atoms with van der Waals surface area (Å²) in [5, 5.41) is 32.1. The molecule has 1 aliphatic carbocycles. The molecule has 3 atom stereocenters. The molecule has 2 aliphatic rings. The van der Waals surface area contributed by atoms with Gasteiger partial charge in [0, 0.05) is 29.2 Å². The van der Waals surface area contributed by atoms with Crippen LogP contribution in [-0.4, -0.2) is 42.8 Å². The molecule has 4 aromatic rings. The summed E-state index contributed by atoms with van der Waals surface area (Å²) in [4.78, 5) is 0. The highest BCUT2D eigenvalue weighted by molar-refractivity contribution is 5.83. The lowest BCUT2D eigenvalue weighted by atomic mass is 9.72. The van der Waals surface area contributed by atoms with Crippen LogP contribution in [0.15, 0.2) is 66.7 Å². The molecule has 7 nitrogen and oxygen atoms in total. The first-order valence-electron chi connectivity index (χ1n) is 13.3. The van der Waals surface area contributed by atoms with Crippen molar-refractivity contribution in [3.05, 3.63) is 94.5 Å². The fourth-order valence-corrected chi connectivity index (χ4v) is 6.23. The third-order valence-electron chi connectivity index (χ3n) is 8.03. The van der Waals surface area contributed by atoms with E-state index in [1.807, 2.05) is 36.4 Å². The van der Waals surface area contributed by atoms with Crippen LogP contribution in [0.2, 0.25) is 0 Å². The van der Waals surface area contributed by atoms with E-state index in [-0.39, 0.29) is 28.9 Å². The van der Waals surface area contributed by atoms with E-state index < -0.39 is 12.2 Å². The van der Waals surface area contributed by atoms with Crippen molar-refractivity contribution in [1.82, 2.24) is 0 Å². The molecule has 4 aromatic carbocycles. The Morgan fingerprint density at radius 1 is 0.825 bits per heavy atom. The van der Waals surface area contributed by atoms with Crippen molar-refractivity contribution in [2.24, 2.45) is 0 Å². The number of ether oxygens (including phenoxy) is 4. The van der Waals surface area contributed by atoms with Crippen LogP contribution in [0.4, 0.5) is 0 Å². The molecule has 3 unspecified atom stereocenters. The molecule has 7 heteroatoms. The minimum atomic E-state index is -0.859. The minimum absolute atomic E-state index is 0.0803. The van der Waals surface area contributed by atoms with E-state index in [1.54, 1.807) is 25.3 Å². The largest absolute Gasteiger partial charge is 0.508 e.